The van der Waals surface area contributed by atoms with Gasteiger partial charge in [-0.15, -0.1) is 0 Å². The number of amidine groups is 1. The Balaban J connectivity index is 2.81. The SMILES string of the molecule is CCCCN(C)c1cccc(C(N)=NO)n1. The number of nitrogens with two attached hydrogens (primary N) is 1. The molecule has 16 heavy (non-hydrogen) atoms. The minimum atomic E-state index is 0.0331. The van der Waals surface area contributed by atoms with Gasteiger partial charge in [-0.25, -0.2) is 4.98 Å². The van der Waals surface area contributed by atoms with Crippen LogP contribution in [0.4, 0.5) is 5.82 Å². The van der Waals surface area contributed by atoms with E-state index in [0.717, 1.165) is 25.2 Å². The Morgan fingerprint density at radius 3 is 2.94 bits per heavy atom. The van der Waals surface area contributed by atoms with Crippen LogP contribution in [0.5, 0.6) is 0 Å². The van der Waals surface area contributed by atoms with Gasteiger partial charge < -0.3 is 15.8 Å². The zero-order valence-corrected chi connectivity index (χ0v) is 9.72. The lowest BCUT2D eigenvalue weighted by atomic mass is 10.3. The third-order valence-electron chi connectivity index (χ3n) is 2.34. The van der Waals surface area contributed by atoms with Crippen LogP contribution in [0.1, 0.15) is 25.5 Å². The molecule has 0 aliphatic heterocycles. The highest BCUT2D eigenvalue weighted by Crippen LogP contribution is 2.10. The molecule has 0 radical (unpaired) electrons. The van der Waals surface area contributed by atoms with Crippen LogP contribution in [0, 0.1) is 0 Å². The van der Waals surface area contributed by atoms with Crippen LogP contribution >= 0.6 is 0 Å². The summed E-state index contributed by atoms with van der Waals surface area (Å²) in [6.45, 7) is 3.09. The van der Waals surface area contributed by atoms with Crippen LogP contribution in [-0.2, 0) is 0 Å². The number of hydrogen-bond acceptors (Lipinski definition) is 4. The smallest absolute Gasteiger partial charge is 0.188 e. The molecule has 3 N–H and O–H groups in total. The Kier molecular flexibility index (Phi) is 4.57. The first-order valence-electron chi connectivity index (χ1n) is 5.35. The molecule has 1 heterocycles. The number of unbranched alkanes of at least 4 members (excludes halogenated alkanes) is 1. The second-order valence-electron chi connectivity index (χ2n) is 3.64. The molecular weight excluding hydrogens is 204 g/mol. The van der Waals surface area contributed by atoms with Gasteiger partial charge in [0, 0.05) is 13.6 Å². The highest BCUT2D eigenvalue weighted by atomic mass is 16.4. The molecule has 0 fully saturated rings. The molecule has 0 aliphatic rings. The van der Waals surface area contributed by atoms with Gasteiger partial charge in [-0.1, -0.05) is 24.6 Å². The number of rotatable bonds is 5. The molecule has 5 heteroatoms. The number of oxime groups is 1. The van der Waals surface area contributed by atoms with Gasteiger partial charge in [0.25, 0.3) is 0 Å². The highest BCUT2D eigenvalue weighted by Gasteiger charge is 2.05. The lowest BCUT2D eigenvalue weighted by Gasteiger charge is -2.18. The van der Waals surface area contributed by atoms with Gasteiger partial charge >= 0.3 is 0 Å². The molecule has 1 rings (SSSR count). The van der Waals surface area contributed by atoms with Crippen LogP contribution in [0.2, 0.25) is 0 Å². The summed E-state index contributed by atoms with van der Waals surface area (Å²) in [5.74, 6) is 0.864. The largest absolute Gasteiger partial charge is 0.409 e. The fraction of sp³-hybridized carbons (Fsp3) is 0.455. The lowest BCUT2D eigenvalue weighted by molar-refractivity contribution is 0.318. The van der Waals surface area contributed by atoms with Crippen molar-refractivity contribution in [3.05, 3.63) is 23.9 Å². The first-order chi connectivity index (χ1) is 7.69. The van der Waals surface area contributed by atoms with Crippen LogP contribution in [0.25, 0.3) is 0 Å². The summed E-state index contributed by atoms with van der Waals surface area (Å²) >= 11 is 0. The van der Waals surface area contributed by atoms with Crippen molar-refractivity contribution in [2.75, 3.05) is 18.5 Å². The van der Waals surface area contributed by atoms with Crippen LogP contribution in [-0.4, -0.2) is 29.6 Å². The van der Waals surface area contributed by atoms with Crippen molar-refractivity contribution < 1.29 is 5.21 Å². The van der Waals surface area contributed by atoms with Gasteiger partial charge in [-0.2, -0.15) is 0 Å². The topological polar surface area (TPSA) is 74.7 Å². The molecule has 0 unspecified atom stereocenters. The van der Waals surface area contributed by atoms with Crippen molar-refractivity contribution in [1.82, 2.24) is 4.98 Å². The van der Waals surface area contributed by atoms with E-state index in [1.54, 1.807) is 6.07 Å². The predicted molar refractivity (Wildman–Crippen MR) is 64.9 cm³/mol. The Hall–Kier alpha value is -1.78. The van der Waals surface area contributed by atoms with Crippen molar-refractivity contribution in [3.8, 4) is 0 Å². The van der Waals surface area contributed by atoms with Crippen molar-refractivity contribution in [1.29, 1.82) is 0 Å². The maximum absolute atomic E-state index is 8.57. The second-order valence-corrected chi connectivity index (χ2v) is 3.64. The standard InChI is InChI=1S/C11H18N4O/c1-3-4-8-15(2)10-7-5-6-9(13-10)11(12)14-16/h5-7,16H,3-4,8H2,1-2H3,(H2,12,14). The zero-order valence-electron chi connectivity index (χ0n) is 9.72. The maximum Gasteiger partial charge on any atom is 0.188 e. The van der Waals surface area contributed by atoms with Crippen molar-refractivity contribution in [2.24, 2.45) is 10.9 Å². The Labute approximate surface area is 95.6 Å². The van der Waals surface area contributed by atoms with Crippen LogP contribution in [0.15, 0.2) is 23.4 Å². The fourth-order valence-corrected chi connectivity index (χ4v) is 1.34. The van der Waals surface area contributed by atoms with Gasteiger partial charge in [-0.3, -0.25) is 0 Å². The molecule has 0 amide bonds. The van der Waals surface area contributed by atoms with E-state index in [2.05, 4.69) is 22.0 Å². The molecule has 0 atom stereocenters. The molecule has 1 aromatic rings. The molecule has 88 valence electrons. The maximum atomic E-state index is 8.57. The van der Waals surface area contributed by atoms with Gasteiger partial charge in [-0.05, 0) is 18.6 Å². The fourth-order valence-electron chi connectivity index (χ4n) is 1.34. The summed E-state index contributed by atoms with van der Waals surface area (Å²) in [7, 11) is 1.98. The summed E-state index contributed by atoms with van der Waals surface area (Å²) < 4.78 is 0. The summed E-state index contributed by atoms with van der Waals surface area (Å²) in [6.07, 6.45) is 2.26. The summed E-state index contributed by atoms with van der Waals surface area (Å²) in [5.41, 5.74) is 5.97. The molecule has 5 nitrogen and oxygen atoms in total. The van der Waals surface area contributed by atoms with E-state index >= 15 is 0 Å². The minimum absolute atomic E-state index is 0.0331. The molecule has 1 aromatic heterocycles. The van der Waals surface area contributed by atoms with Crippen LogP contribution < -0.4 is 10.6 Å². The van der Waals surface area contributed by atoms with E-state index < -0.39 is 0 Å². The second kappa shape index (κ2) is 5.95. The lowest BCUT2D eigenvalue weighted by Crippen LogP contribution is -2.22. The number of pyridine rings is 1. The highest BCUT2D eigenvalue weighted by molar-refractivity contribution is 5.95. The Bertz CT molecular complexity index is 365. The normalized spacial score (nSPS) is 11.5. The molecule has 0 bridgehead atoms. The molecule has 0 aliphatic carbocycles. The molecule has 0 spiro atoms. The number of nitrogens with zero attached hydrogens (tertiary/aromatic N) is 3. The van der Waals surface area contributed by atoms with E-state index in [1.165, 1.54) is 0 Å². The predicted octanol–water partition coefficient (Wildman–Crippen LogP) is 1.41. The summed E-state index contributed by atoms with van der Waals surface area (Å²) in [4.78, 5) is 6.36. The monoisotopic (exact) mass is 222 g/mol. The minimum Gasteiger partial charge on any atom is -0.409 e. The number of aromatic nitrogens is 1. The molecular formula is C11H18N4O. The van der Waals surface area contributed by atoms with Gasteiger partial charge in [0.05, 0.1) is 0 Å². The number of hydrogen-bond donors (Lipinski definition) is 2. The third-order valence-corrected chi connectivity index (χ3v) is 2.34. The zero-order chi connectivity index (χ0) is 12.0. The molecule has 0 saturated carbocycles. The first-order valence-corrected chi connectivity index (χ1v) is 5.35. The average molecular weight is 222 g/mol. The summed E-state index contributed by atoms with van der Waals surface area (Å²) in [6, 6.07) is 5.47. The van der Waals surface area contributed by atoms with E-state index in [0.29, 0.717) is 5.69 Å². The third kappa shape index (κ3) is 3.12. The van der Waals surface area contributed by atoms with Gasteiger partial charge in [0.2, 0.25) is 0 Å². The van der Waals surface area contributed by atoms with E-state index in [-0.39, 0.29) is 5.84 Å². The molecule has 0 saturated heterocycles. The molecule has 0 aromatic carbocycles. The number of anilines is 1. The van der Waals surface area contributed by atoms with Crippen LogP contribution in [0.3, 0.4) is 0 Å². The average Bonchev–Trinajstić information content (AvgIpc) is 2.35. The van der Waals surface area contributed by atoms with Crippen molar-refractivity contribution >= 4 is 11.7 Å². The van der Waals surface area contributed by atoms with E-state index in [4.69, 9.17) is 10.9 Å². The van der Waals surface area contributed by atoms with Gasteiger partial charge in [0.1, 0.15) is 11.5 Å². The first kappa shape index (κ1) is 12.3. The Morgan fingerprint density at radius 1 is 1.56 bits per heavy atom. The van der Waals surface area contributed by atoms with Crippen molar-refractivity contribution in [3.63, 3.8) is 0 Å². The summed E-state index contributed by atoms with van der Waals surface area (Å²) in [5, 5.41) is 11.5. The van der Waals surface area contributed by atoms with Crippen molar-refractivity contribution in [2.45, 2.75) is 19.8 Å². The van der Waals surface area contributed by atoms with E-state index in [1.807, 2.05) is 19.2 Å². The Morgan fingerprint density at radius 2 is 2.31 bits per heavy atom. The van der Waals surface area contributed by atoms with Gasteiger partial charge in [0.15, 0.2) is 5.84 Å². The quantitative estimate of drug-likeness (QED) is 0.342. The van der Waals surface area contributed by atoms with E-state index in [9.17, 15) is 0 Å².